The quantitative estimate of drug-likeness (QED) is 0.833. The maximum Gasteiger partial charge on any atom is 0.0660 e. The summed E-state index contributed by atoms with van der Waals surface area (Å²) in [5, 5.41) is 10.8. The molecule has 19 heavy (non-hydrogen) atoms. The molecular formula is C16H31NO2. The molecule has 0 aromatic carbocycles. The van der Waals surface area contributed by atoms with Gasteiger partial charge < -0.3 is 14.7 Å². The highest BCUT2D eigenvalue weighted by Crippen LogP contribution is 2.29. The number of nitrogens with zero attached hydrogens (tertiary/aromatic N) is 1. The maximum atomic E-state index is 10.8. The van der Waals surface area contributed by atoms with Crippen LogP contribution in [0, 0.1) is 0 Å². The predicted molar refractivity (Wildman–Crippen MR) is 78.3 cm³/mol. The van der Waals surface area contributed by atoms with Crippen LogP contribution in [0.25, 0.3) is 0 Å². The molecule has 3 heteroatoms. The Hall–Kier alpha value is -0.120. The Balaban J connectivity index is 1.71. The average molecular weight is 269 g/mol. The van der Waals surface area contributed by atoms with Gasteiger partial charge >= 0.3 is 0 Å². The largest absolute Gasteiger partial charge is 0.390 e. The number of aliphatic hydroxyl groups is 1. The monoisotopic (exact) mass is 269 g/mol. The van der Waals surface area contributed by atoms with Crippen molar-refractivity contribution in [2.75, 3.05) is 19.7 Å². The van der Waals surface area contributed by atoms with Crippen molar-refractivity contribution < 1.29 is 9.84 Å². The fourth-order valence-electron chi connectivity index (χ4n) is 3.50. The van der Waals surface area contributed by atoms with Crippen LogP contribution in [0.15, 0.2) is 0 Å². The summed E-state index contributed by atoms with van der Waals surface area (Å²) in [5.74, 6) is 0. The van der Waals surface area contributed by atoms with Gasteiger partial charge in [0.15, 0.2) is 0 Å². The lowest BCUT2D eigenvalue weighted by Gasteiger charge is -2.28. The van der Waals surface area contributed by atoms with Crippen LogP contribution in [0.3, 0.4) is 0 Å². The molecule has 112 valence electrons. The Kier molecular flexibility index (Phi) is 5.67. The van der Waals surface area contributed by atoms with Gasteiger partial charge in [-0.25, -0.2) is 0 Å². The van der Waals surface area contributed by atoms with Crippen molar-refractivity contribution in [1.29, 1.82) is 0 Å². The summed E-state index contributed by atoms with van der Waals surface area (Å²) in [4.78, 5) is 2.50. The van der Waals surface area contributed by atoms with E-state index in [9.17, 15) is 5.11 Å². The Morgan fingerprint density at radius 1 is 1.26 bits per heavy atom. The van der Waals surface area contributed by atoms with E-state index in [2.05, 4.69) is 18.7 Å². The zero-order valence-corrected chi connectivity index (χ0v) is 12.7. The van der Waals surface area contributed by atoms with Gasteiger partial charge in [-0.15, -0.1) is 0 Å². The van der Waals surface area contributed by atoms with Crippen molar-refractivity contribution in [2.24, 2.45) is 0 Å². The molecule has 0 saturated carbocycles. The van der Waals surface area contributed by atoms with E-state index >= 15 is 0 Å². The van der Waals surface area contributed by atoms with Crippen molar-refractivity contribution in [3.63, 3.8) is 0 Å². The Bertz CT molecular complexity index is 263. The first-order chi connectivity index (χ1) is 9.09. The van der Waals surface area contributed by atoms with Crippen molar-refractivity contribution >= 4 is 0 Å². The van der Waals surface area contributed by atoms with Gasteiger partial charge in [-0.2, -0.15) is 0 Å². The molecule has 0 aromatic heterocycles. The lowest BCUT2D eigenvalue weighted by atomic mass is 9.88. The van der Waals surface area contributed by atoms with Crippen LogP contribution in [0.4, 0.5) is 0 Å². The molecule has 2 heterocycles. The standard InChI is InChI=1S/C16H31NO2/c1-14(2)17-11-5-9-16(18,10-12-17)8-3-6-15-7-4-13-19-15/h14-15,18H,3-13H2,1-2H3. The van der Waals surface area contributed by atoms with E-state index in [4.69, 9.17) is 4.74 Å². The zero-order chi connectivity index (χ0) is 13.7. The Morgan fingerprint density at radius 3 is 2.79 bits per heavy atom. The minimum Gasteiger partial charge on any atom is -0.390 e. The van der Waals surface area contributed by atoms with Crippen molar-refractivity contribution in [3.8, 4) is 0 Å². The molecule has 1 N–H and O–H groups in total. The SMILES string of the molecule is CC(C)N1CCCC(O)(CCCC2CCCO2)CC1. The summed E-state index contributed by atoms with van der Waals surface area (Å²) >= 11 is 0. The van der Waals surface area contributed by atoms with E-state index in [1.807, 2.05) is 0 Å². The fourth-order valence-corrected chi connectivity index (χ4v) is 3.50. The highest BCUT2D eigenvalue weighted by atomic mass is 16.5. The second kappa shape index (κ2) is 7.05. The topological polar surface area (TPSA) is 32.7 Å². The number of hydrogen-bond donors (Lipinski definition) is 1. The molecule has 2 unspecified atom stereocenters. The minimum atomic E-state index is -0.414. The van der Waals surface area contributed by atoms with Gasteiger partial charge in [0.25, 0.3) is 0 Å². The molecule has 0 spiro atoms. The number of likely N-dealkylation sites (tertiary alicyclic amines) is 1. The molecule has 0 aromatic rings. The molecule has 2 saturated heterocycles. The van der Waals surface area contributed by atoms with Crippen LogP contribution in [0.5, 0.6) is 0 Å². The van der Waals surface area contributed by atoms with E-state index in [1.54, 1.807) is 0 Å². The van der Waals surface area contributed by atoms with Crippen molar-refractivity contribution in [1.82, 2.24) is 4.90 Å². The van der Waals surface area contributed by atoms with Gasteiger partial charge in [0.05, 0.1) is 11.7 Å². The van der Waals surface area contributed by atoms with Gasteiger partial charge in [0.1, 0.15) is 0 Å². The fraction of sp³-hybridized carbons (Fsp3) is 1.00. The van der Waals surface area contributed by atoms with E-state index in [0.717, 1.165) is 58.2 Å². The predicted octanol–water partition coefficient (Wildman–Crippen LogP) is 2.96. The Morgan fingerprint density at radius 2 is 2.11 bits per heavy atom. The smallest absolute Gasteiger partial charge is 0.0660 e. The summed E-state index contributed by atoms with van der Waals surface area (Å²) < 4.78 is 5.66. The molecule has 2 fully saturated rings. The van der Waals surface area contributed by atoms with Crippen LogP contribution in [-0.2, 0) is 4.74 Å². The van der Waals surface area contributed by atoms with Crippen LogP contribution in [0.2, 0.25) is 0 Å². The van der Waals surface area contributed by atoms with Crippen molar-refractivity contribution in [3.05, 3.63) is 0 Å². The van der Waals surface area contributed by atoms with Crippen LogP contribution in [0.1, 0.15) is 65.2 Å². The number of ether oxygens (including phenoxy) is 1. The summed E-state index contributed by atoms with van der Waals surface area (Å²) in [7, 11) is 0. The van der Waals surface area contributed by atoms with Gasteiger partial charge in [-0.05, 0) is 71.8 Å². The van der Waals surface area contributed by atoms with Crippen molar-refractivity contribution in [2.45, 2.75) is 83.0 Å². The summed E-state index contributed by atoms with van der Waals surface area (Å²) in [6.45, 7) is 7.64. The first-order valence-electron chi connectivity index (χ1n) is 8.17. The van der Waals surface area contributed by atoms with Gasteiger partial charge in [-0.3, -0.25) is 0 Å². The van der Waals surface area contributed by atoms with Crippen LogP contribution >= 0.6 is 0 Å². The molecule has 0 bridgehead atoms. The molecule has 3 nitrogen and oxygen atoms in total. The van der Waals surface area contributed by atoms with Gasteiger partial charge in [0, 0.05) is 19.2 Å². The highest BCUT2D eigenvalue weighted by Gasteiger charge is 2.30. The summed E-state index contributed by atoms with van der Waals surface area (Å²) in [6.07, 6.45) is 9.17. The average Bonchev–Trinajstić information content (AvgIpc) is 2.78. The van der Waals surface area contributed by atoms with E-state index in [-0.39, 0.29) is 0 Å². The second-order valence-electron chi connectivity index (χ2n) is 6.73. The molecule has 2 aliphatic rings. The highest BCUT2D eigenvalue weighted by molar-refractivity contribution is 4.84. The lowest BCUT2D eigenvalue weighted by Crippen LogP contribution is -2.34. The van der Waals surface area contributed by atoms with E-state index in [0.29, 0.717) is 12.1 Å². The summed E-state index contributed by atoms with van der Waals surface area (Å²) in [5.41, 5.74) is -0.414. The third-order valence-corrected chi connectivity index (χ3v) is 4.87. The molecule has 2 rings (SSSR count). The molecular weight excluding hydrogens is 238 g/mol. The third kappa shape index (κ3) is 4.73. The van der Waals surface area contributed by atoms with Crippen LogP contribution < -0.4 is 0 Å². The maximum absolute atomic E-state index is 10.8. The lowest BCUT2D eigenvalue weighted by molar-refractivity contribution is 0.00939. The first kappa shape index (κ1) is 15.3. The number of hydrogen-bond acceptors (Lipinski definition) is 3. The Labute approximate surface area is 118 Å². The molecule has 0 radical (unpaired) electrons. The normalized spacial score (nSPS) is 33.8. The summed E-state index contributed by atoms with van der Waals surface area (Å²) in [6, 6.07) is 0.606. The molecule has 0 amide bonds. The zero-order valence-electron chi connectivity index (χ0n) is 12.7. The third-order valence-electron chi connectivity index (χ3n) is 4.87. The number of rotatable bonds is 5. The van der Waals surface area contributed by atoms with E-state index < -0.39 is 5.60 Å². The van der Waals surface area contributed by atoms with E-state index in [1.165, 1.54) is 12.8 Å². The second-order valence-corrected chi connectivity index (χ2v) is 6.73. The van der Waals surface area contributed by atoms with Gasteiger partial charge in [0.2, 0.25) is 0 Å². The molecule has 2 aliphatic heterocycles. The first-order valence-corrected chi connectivity index (χ1v) is 8.17. The van der Waals surface area contributed by atoms with Crippen LogP contribution in [-0.4, -0.2) is 47.4 Å². The molecule has 0 aliphatic carbocycles. The molecule has 2 atom stereocenters. The minimum absolute atomic E-state index is 0.414. The van der Waals surface area contributed by atoms with Gasteiger partial charge in [-0.1, -0.05) is 0 Å².